The van der Waals surface area contributed by atoms with Crippen LogP contribution >= 0.6 is 0 Å². The van der Waals surface area contributed by atoms with Crippen LogP contribution in [0.4, 0.5) is 0 Å². The molecule has 0 radical (unpaired) electrons. The molecule has 3 heteroatoms. The van der Waals surface area contributed by atoms with E-state index in [-0.39, 0.29) is 18.1 Å². The third kappa shape index (κ3) is 4.72. The fourth-order valence-electron chi connectivity index (χ4n) is 3.08. The van der Waals surface area contributed by atoms with Crippen LogP contribution < -0.4 is 5.73 Å². The predicted molar refractivity (Wildman–Crippen MR) is 108 cm³/mol. The molecule has 27 heavy (non-hydrogen) atoms. The Kier molecular flexibility index (Phi) is 6.18. The van der Waals surface area contributed by atoms with Crippen molar-refractivity contribution in [3.63, 3.8) is 0 Å². The minimum Gasteiger partial charge on any atom is -0.457 e. The molecule has 0 heterocycles. The summed E-state index contributed by atoms with van der Waals surface area (Å²) in [6.45, 7) is 4.14. The van der Waals surface area contributed by atoms with Crippen LogP contribution in [0, 0.1) is 0 Å². The van der Waals surface area contributed by atoms with Gasteiger partial charge >= 0.3 is 5.97 Å². The van der Waals surface area contributed by atoms with Crippen molar-refractivity contribution in [1.29, 1.82) is 0 Å². The summed E-state index contributed by atoms with van der Waals surface area (Å²) in [5.74, 6) is -0.646. The van der Waals surface area contributed by atoms with Gasteiger partial charge in [0.2, 0.25) is 0 Å². The second-order valence-corrected chi connectivity index (χ2v) is 6.41. The van der Waals surface area contributed by atoms with Crippen LogP contribution in [0.1, 0.15) is 22.6 Å². The number of ether oxygens (including phenoxy) is 1. The number of hydrogen-bond acceptors (Lipinski definition) is 3. The molecule has 0 fully saturated rings. The minimum atomic E-state index is -0.585. The highest BCUT2D eigenvalue weighted by molar-refractivity contribution is 5.89. The Balaban J connectivity index is 1.78. The van der Waals surface area contributed by atoms with E-state index in [9.17, 15) is 4.79 Å². The van der Waals surface area contributed by atoms with Crippen molar-refractivity contribution in [1.82, 2.24) is 0 Å². The predicted octanol–water partition coefficient (Wildman–Crippen LogP) is 4.45. The average molecular weight is 357 g/mol. The Hall–Kier alpha value is -3.17. The fraction of sp³-hybridized carbons (Fsp3) is 0.125. The van der Waals surface area contributed by atoms with Gasteiger partial charge in [0, 0.05) is 17.5 Å². The molecule has 3 aromatic rings. The smallest absolute Gasteiger partial charge is 0.335 e. The van der Waals surface area contributed by atoms with E-state index in [1.54, 1.807) is 0 Å². The van der Waals surface area contributed by atoms with E-state index >= 15 is 0 Å². The second kappa shape index (κ2) is 8.97. The minimum absolute atomic E-state index is 0.177. The fourth-order valence-corrected chi connectivity index (χ4v) is 3.08. The van der Waals surface area contributed by atoms with Crippen LogP contribution in [0.2, 0.25) is 0 Å². The Bertz CT molecular complexity index is 837. The summed E-state index contributed by atoms with van der Waals surface area (Å²) < 4.78 is 5.41. The van der Waals surface area contributed by atoms with Gasteiger partial charge in [0.25, 0.3) is 0 Å². The van der Waals surface area contributed by atoms with Crippen molar-refractivity contribution < 1.29 is 9.53 Å². The van der Waals surface area contributed by atoms with Crippen LogP contribution in [0.15, 0.2) is 103 Å². The van der Waals surface area contributed by atoms with Crippen LogP contribution in [-0.2, 0) is 16.1 Å². The van der Waals surface area contributed by atoms with Crippen LogP contribution in [0.25, 0.3) is 0 Å². The number of carbonyl (C=O) groups excluding carboxylic acids is 1. The normalized spacial score (nSPS) is 11.8. The number of esters is 1. The molecule has 0 bridgehead atoms. The van der Waals surface area contributed by atoms with Gasteiger partial charge in [-0.25, -0.2) is 4.79 Å². The Morgan fingerprint density at radius 1 is 0.815 bits per heavy atom. The Labute approximate surface area is 160 Å². The Morgan fingerprint density at radius 3 is 1.74 bits per heavy atom. The molecule has 3 rings (SSSR count). The first-order valence-electron chi connectivity index (χ1n) is 8.92. The van der Waals surface area contributed by atoms with E-state index in [1.807, 2.05) is 91.0 Å². The average Bonchev–Trinajstić information content (AvgIpc) is 2.74. The molecular formula is C24H23NO2. The van der Waals surface area contributed by atoms with E-state index < -0.39 is 12.0 Å². The topological polar surface area (TPSA) is 52.3 Å². The van der Waals surface area contributed by atoms with Crippen molar-refractivity contribution in [3.05, 3.63) is 120 Å². The number of nitrogens with two attached hydrogens (primary N) is 1. The van der Waals surface area contributed by atoms with Crippen LogP contribution in [0.3, 0.4) is 0 Å². The molecule has 0 amide bonds. The van der Waals surface area contributed by atoms with Gasteiger partial charge in [-0.05, 0) is 16.7 Å². The van der Waals surface area contributed by atoms with Gasteiger partial charge in [0.15, 0.2) is 0 Å². The highest BCUT2D eigenvalue weighted by Crippen LogP contribution is 2.30. The highest BCUT2D eigenvalue weighted by atomic mass is 16.5. The zero-order valence-corrected chi connectivity index (χ0v) is 15.1. The first kappa shape index (κ1) is 18.6. The molecule has 0 aromatic heterocycles. The lowest BCUT2D eigenvalue weighted by molar-refractivity contribution is -0.140. The monoisotopic (exact) mass is 357 g/mol. The van der Waals surface area contributed by atoms with Crippen LogP contribution in [0.5, 0.6) is 0 Å². The maximum absolute atomic E-state index is 12.5. The summed E-state index contributed by atoms with van der Waals surface area (Å²) in [6.07, 6.45) is 0. The van der Waals surface area contributed by atoms with Crippen LogP contribution in [-0.4, -0.2) is 12.0 Å². The van der Waals surface area contributed by atoms with Gasteiger partial charge in [0.1, 0.15) is 6.61 Å². The summed E-state index contributed by atoms with van der Waals surface area (Å²) in [5, 5.41) is 0. The third-order valence-electron chi connectivity index (χ3n) is 4.55. The molecule has 1 unspecified atom stereocenters. The van der Waals surface area contributed by atoms with Crippen molar-refractivity contribution in [3.8, 4) is 0 Å². The zero-order valence-electron chi connectivity index (χ0n) is 15.1. The summed E-state index contributed by atoms with van der Waals surface area (Å²) in [7, 11) is 0. The van der Waals surface area contributed by atoms with Gasteiger partial charge in [-0.3, -0.25) is 0 Å². The third-order valence-corrected chi connectivity index (χ3v) is 4.55. The van der Waals surface area contributed by atoms with Gasteiger partial charge in [-0.1, -0.05) is 97.6 Å². The molecular weight excluding hydrogens is 334 g/mol. The molecule has 0 aliphatic heterocycles. The second-order valence-electron chi connectivity index (χ2n) is 6.41. The van der Waals surface area contributed by atoms with E-state index in [1.165, 1.54) is 0 Å². The molecule has 0 spiro atoms. The first-order valence-corrected chi connectivity index (χ1v) is 8.92. The van der Waals surface area contributed by atoms with Crippen molar-refractivity contribution in [2.75, 3.05) is 0 Å². The van der Waals surface area contributed by atoms with E-state index in [0.29, 0.717) is 0 Å². The summed E-state index contributed by atoms with van der Waals surface area (Å²) in [4.78, 5) is 12.5. The molecule has 3 nitrogen and oxygen atoms in total. The number of rotatable bonds is 7. The molecule has 2 N–H and O–H groups in total. The molecule has 1 atom stereocenters. The highest BCUT2D eigenvalue weighted by Gasteiger charge is 2.28. The van der Waals surface area contributed by atoms with Crippen molar-refractivity contribution in [2.24, 2.45) is 5.73 Å². The molecule has 0 aliphatic rings. The largest absolute Gasteiger partial charge is 0.457 e. The zero-order chi connectivity index (χ0) is 19.1. The van der Waals surface area contributed by atoms with E-state index in [4.69, 9.17) is 10.5 Å². The summed E-state index contributed by atoms with van der Waals surface area (Å²) in [5.41, 5.74) is 9.76. The van der Waals surface area contributed by atoms with Gasteiger partial charge in [-0.15, -0.1) is 0 Å². The molecule has 0 aliphatic carbocycles. The quantitative estimate of drug-likeness (QED) is 0.502. The van der Waals surface area contributed by atoms with Gasteiger partial charge in [0.05, 0.1) is 0 Å². The molecule has 0 saturated heterocycles. The van der Waals surface area contributed by atoms with E-state index in [0.717, 1.165) is 16.7 Å². The van der Waals surface area contributed by atoms with Gasteiger partial charge in [-0.2, -0.15) is 0 Å². The lowest BCUT2D eigenvalue weighted by Crippen LogP contribution is -2.34. The number of carbonyl (C=O) groups is 1. The summed E-state index contributed by atoms with van der Waals surface area (Å²) in [6, 6.07) is 28.8. The maximum atomic E-state index is 12.5. The Morgan fingerprint density at radius 2 is 1.26 bits per heavy atom. The maximum Gasteiger partial charge on any atom is 0.335 e. The number of hydrogen-bond donors (Lipinski definition) is 1. The molecule has 136 valence electrons. The van der Waals surface area contributed by atoms with E-state index in [2.05, 4.69) is 6.58 Å². The standard InChI is InChI=1S/C24H23NO2/c1-18(24(26)27-17-19-11-5-2-6-12-19)23(25)22(20-13-7-3-8-14-20)21-15-9-4-10-16-21/h2-16,22-23H,1,17,25H2. The SMILES string of the molecule is C=C(C(=O)OCc1ccccc1)C(N)C(c1ccccc1)c1ccccc1. The lowest BCUT2D eigenvalue weighted by Gasteiger charge is -2.26. The van der Waals surface area contributed by atoms with Gasteiger partial charge < -0.3 is 10.5 Å². The lowest BCUT2D eigenvalue weighted by atomic mass is 9.82. The van der Waals surface area contributed by atoms with Crippen molar-refractivity contribution >= 4 is 5.97 Å². The molecule has 3 aromatic carbocycles. The van der Waals surface area contributed by atoms with Crippen molar-refractivity contribution in [2.45, 2.75) is 18.6 Å². The first-order chi connectivity index (χ1) is 13.2. The summed E-state index contributed by atoms with van der Waals surface area (Å²) >= 11 is 0. The number of benzene rings is 3. The molecule has 0 saturated carbocycles.